The molecule has 6 rings (SSSR count). The molecule has 0 saturated carbocycles. The number of carbonyl (C=O) groups is 1. The Balaban J connectivity index is 1.53. The predicted molar refractivity (Wildman–Crippen MR) is 162 cm³/mol. The van der Waals surface area contributed by atoms with E-state index in [-0.39, 0.29) is 57.3 Å². The summed E-state index contributed by atoms with van der Waals surface area (Å²) in [4.78, 5) is 35.5. The number of nitrogens with zero attached hydrogens (tertiary/aromatic N) is 5. The Bertz CT molecular complexity index is 2160. The van der Waals surface area contributed by atoms with Gasteiger partial charge in [-0.15, -0.1) is 0 Å². The Kier molecular flexibility index (Phi) is 7.10. The third-order valence-electron chi connectivity index (χ3n) is 7.52. The van der Waals surface area contributed by atoms with Gasteiger partial charge >= 0.3 is 6.09 Å². The molecule has 2 aromatic carbocycles. The van der Waals surface area contributed by atoms with Gasteiger partial charge in [0.15, 0.2) is 11.4 Å². The Morgan fingerprint density at radius 2 is 1.82 bits per heavy atom. The molecule has 0 fully saturated rings. The standard InChI is InChI=1S/C32H28F2N6O5/c1-16(28-23(17-7-5-8-18(33)13-17)27(41)24-20(34)9-6-10-21(24)45-28)40-30-25(29(35)36-15-37-30)26(38-40)22-12-11-19(44-22)14-39(31(42)43)32(2,3)4/h5-13,15-16H,14H2,1-4H3,(H,42,43)(H2,35,36,37). The van der Waals surface area contributed by atoms with Crippen LogP contribution in [0, 0.1) is 11.6 Å². The van der Waals surface area contributed by atoms with Gasteiger partial charge in [0.25, 0.3) is 0 Å². The summed E-state index contributed by atoms with van der Waals surface area (Å²) >= 11 is 0. The Labute approximate surface area is 254 Å². The Morgan fingerprint density at radius 3 is 2.53 bits per heavy atom. The van der Waals surface area contributed by atoms with Crippen LogP contribution in [-0.4, -0.2) is 41.4 Å². The van der Waals surface area contributed by atoms with Gasteiger partial charge in [0.1, 0.15) is 58.0 Å². The second kappa shape index (κ2) is 10.8. The molecule has 230 valence electrons. The molecule has 0 saturated heterocycles. The van der Waals surface area contributed by atoms with Crippen LogP contribution in [0.5, 0.6) is 0 Å². The fourth-order valence-electron chi connectivity index (χ4n) is 5.31. The van der Waals surface area contributed by atoms with E-state index < -0.39 is 34.7 Å². The molecule has 0 aliphatic heterocycles. The maximum Gasteiger partial charge on any atom is 0.408 e. The minimum Gasteiger partial charge on any atom is -0.465 e. The summed E-state index contributed by atoms with van der Waals surface area (Å²) in [6.07, 6.45) is 0.153. The number of hydrogen-bond donors (Lipinski definition) is 2. The van der Waals surface area contributed by atoms with Crippen molar-refractivity contribution in [2.75, 3.05) is 5.73 Å². The number of amides is 1. The van der Waals surface area contributed by atoms with Crippen LogP contribution >= 0.6 is 0 Å². The summed E-state index contributed by atoms with van der Waals surface area (Å²) in [7, 11) is 0. The number of anilines is 1. The minimum atomic E-state index is -1.10. The van der Waals surface area contributed by atoms with Crippen molar-refractivity contribution in [3.8, 4) is 22.6 Å². The van der Waals surface area contributed by atoms with Gasteiger partial charge in [-0.3, -0.25) is 9.69 Å². The molecular formula is C32H28F2N6O5. The van der Waals surface area contributed by atoms with Gasteiger partial charge in [0.05, 0.1) is 17.5 Å². The van der Waals surface area contributed by atoms with E-state index in [1.165, 1.54) is 52.3 Å². The first kappa shape index (κ1) is 29.5. The summed E-state index contributed by atoms with van der Waals surface area (Å²) in [6, 6.07) is 11.9. The molecule has 6 aromatic rings. The number of carboxylic acid groups (broad SMARTS) is 1. The lowest BCUT2D eigenvalue weighted by Crippen LogP contribution is -2.44. The summed E-state index contributed by atoms with van der Waals surface area (Å²) in [5.41, 5.74) is 5.63. The van der Waals surface area contributed by atoms with Crippen molar-refractivity contribution in [3.05, 3.63) is 94.3 Å². The second-order valence-corrected chi connectivity index (χ2v) is 11.5. The van der Waals surface area contributed by atoms with E-state index in [0.29, 0.717) is 11.1 Å². The van der Waals surface area contributed by atoms with Crippen LogP contribution in [0.15, 0.2) is 74.6 Å². The van der Waals surface area contributed by atoms with E-state index in [9.17, 15) is 23.5 Å². The van der Waals surface area contributed by atoms with E-state index in [1.54, 1.807) is 39.8 Å². The monoisotopic (exact) mass is 614 g/mol. The van der Waals surface area contributed by atoms with Gasteiger partial charge in [-0.2, -0.15) is 5.10 Å². The number of rotatable bonds is 6. The Morgan fingerprint density at radius 1 is 1.07 bits per heavy atom. The predicted octanol–water partition coefficient (Wildman–Crippen LogP) is 6.61. The highest BCUT2D eigenvalue weighted by Gasteiger charge is 2.30. The second-order valence-electron chi connectivity index (χ2n) is 11.5. The molecule has 45 heavy (non-hydrogen) atoms. The summed E-state index contributed by atoms with van der Waals surface area (Å²) in [6.45, 7) is 7.00. The van der Waals surface area contributed by atoms with Crippen molar-refractivity contribution in [1.82, 2.24) is 24.6 Å². The number of halogens is 2. The van der Waals surface area contributed by atoms with E-state index in [0.717, 1.165) is 6.07 Å². The fraction of sp³-hybridized carbons (Fsp3) is 0.219. The minimum absolute atomic E-state index is 0.00494. The van der Waals surface area contributed by atoms with Gasteiger partial charge in [-0.25, -0.2) is 28.2 Å². The van der Waals surface area contributed by atoms with Crippen molar-refractivity contribution < 1.29 is 27.5 Å². The third kappa shape index (κ3) is 5.15. The Hall–Kier alpha value is -5.59. The van der Waals surface area contributed by atoms with Gasteiger partial charge < -0.3 is 19.7 Å². The number of nitrogen functional groups attached to an aromatic ring is 1. The fourth-order valence-corrected chi connectivity index (χ4v) is 5.31. The highest BCUT2D eigenvalue weighted by atomic mass is 19.1. The van der Waals surface area contributed by atoms with Crippen molar-refractivity contribution in [1.29, 1.82) is 0 Å². The zero-order chi connectivity index (χ0) is 32.2. The van der Waals surface area contributed by atoms with Crippen LogP contribution in [0.4, 0.5) is 19.4 Å². The summed E-state index contributed by atoms with van der Waals surface area (Å²) in [5.74, 6) is -0.543. The summed E-state index contributed by atoms with van der Waals surface area (Å²) in [5, 5.41) is 14.6. The highest BCUT2D eigenvalue weighted by Crippen LogP contribution is 2.37. The molecule has 1 unspecified atom stereocenters. The lowest BCUT2D eigenvalue weighted by molar-refractivity contribution is 0.0908. The van der Waals surface area contributed by atoms with Gasteiger partial charge in [-0.1, -0.05) is 18.2 Å². The number of hydrogen-bond acceptors (Lipinski definition) is 8. The lowest BCUT2D eigenvalue weighted by atomic mass is 9.99. The molecule has 3 N–H and O–H groups in total. The molecule has 4 heterocycles. The molecule has 13 heteroatoms. The smallest absolute Gasteiger partial charge is 0.408 e. The van der Waals surface area contributed by atoms with Crippen LogP contribution in [-0.2, 0) is 6.54 Å². The SMILES string of the molecule is CC(c1oc2cccc(F)c2c(=O)c1-c1cccc(F)c1)n1nc(-c2ccc(CN(C(=O)O)C(C)(C)C)o2)c2c(N)ncnc21. The molecule has 4 aromatic heterocycles. The van der Waals surface area contributed by atoms with E-state index in [2.05, 4.69) is 9.97 Å². The number of fused-ring (bicyclic) bond motifs is 2. The van der Waals surface area contributed by atoms with E-state index in [4.69, 9.17) is 19.7 Å². The molecular weight excluding hydrogens is 586 g/mol. The molecule has 0 aliphatic rings. The first-order valence-corrected chi connectivity index (χ1v) is 13.9. The number of benzene rings is 2. The largest absolute Gasteiger partial charge is 0.465 e. The normalized spacial score (nSPS) is 12.6. The first-order valence-electron chi connectivity index (χ1n) is 13.9. The first-order chi connectivity index (χ1) is 21.3. The van der Waals surface area contributed by atoms with Crippen LogP contribution in [0.25, 0.3) is 44.6 Å². The van der Waals surface area contributed by atoms with Crippen LogP contribution < -0.4 is 11.2 Å². The van der Waals surface area contributed by atoms with Gasteiger partial charge in [0, 0.05) is 5.54 Å². The average molecular weight is 615 g/mol. The maximum absolute atomic E-state index is 14.9. The lowest BCUT2D eigenvalue weighted by Gasteiger charge is -2.32. The van der Waals surface area contributed by atoms with Crippen LogP contribution in [0.2, 0.25) is 0 Å². The average Bonchev–Trinajstić information content (AvgIpc) is 3.60. The molecule has 0 aliphatic carbocycles. The quantitative estimate of drug-likeness (QED) is 0.211. The zero-order valence-electron chi connectivity index (χ0n) is 24.7. The van der Waals surface area contributed by atoms with Crippen molar-refractivity contribution >= 4 is 33.9 Å². The zero-order valence-corrected chi connectivity index (χ0v) is 24.7. The molecule has 1 atom stereocenters. The molecule has 11 nitrogen and oxygen atoms in total. The van der Waals surface area contributed by atoms with Crippen molar-refractivity contribution in [2.24, 2.45) is 0 Å². The highest BCUT2D eigenvalue weighted by molar-refractivity contribution is 5.97. The van der Waals surface area contributed by atoms with Crippen LogP contribution in [0.3, 0.4) is 0 Å². The maximum atomic E-state index is 14.9. The number of furan rings is 1. The number of nitrogens with two attached hydrogens (primary N) is 1. The topological polar surface area (TPSA) is 154 Å². The van der Waals surface area contributed by atoms with Gasteiger partial charge in [-0.05, 0) is 69.7 Å². The molecule has 1 amide bonds. The number of aromatic nitrogens is 4. The van der Waals surface area contributed by atoms with Crippen molar-refractivity contribution in [2.45, 2.75) is 45.8 Å². The van der Waals surface area contributed by atoms with Crippen LogP contribution in [0.1, 0.15) is 45.3 Å². The third-order valence-corrected chi connectivity index (χ3v) is 7.52. The van der Waals surface area contributed by atoms with Gasteiger partial charge in [0.2, 0.25) is 5.43 Å². The van der Waals surface area contributed by atoms with E-state index in [1.807, 2.05) is 0 Å². The molecule has 0 bridgehead atoms. The van der Waals surface area contributed by atoms with E-state index >= 15 is 0 Å². The summed E-state index contributed by atoms with van der Waals surface area (Å²) < 4.78 is 43.0. The molecule has 0 radical (unpaired) electrons. The molecule has 0 spiro atoms. The van der Waals surface area contributed by atoms with Crippen molar-refractivity contribution in [3.63, 3.8) is 0 Å².